The molecular weight excluding hydrogens is 368 g/mol. The van der Waals surface area contributed by atoms with E-state index in [1.54, 1.807) is 11.3 Å². The first-order chi connectivity index (χ1) is 13.5. The van der Waals surface area contributed by atoms with Crippen molar-refractivity contribution in [1.29, 1.82) is 0 Å². The maximum atomic E-state index is 12.6. The van der Waals surface area contributed by atoms with Crippen LogP contribution in [0.15, 0.2) is 29.6 Å². The molecular formula is C22H26N4OS. The van der Waals surface area contributed by atoms with Gasteiger partial charge in [-0.05, 0) is 50.1 Å². The van der Waals surface area contributed by atoms with E-state index in [1.807, 2.05) is 6.92 Å². The second kappa shape index (κ2) is 7.87. The van der Waals surface area contributed by atoms with Crippen molar-refractivity contribution in [2.45, 2.75) is 40.2 Å². The first-order valence-electron chi connectivity index (χ1n) is 9.82. The Morgan fingerprint density at radius 3 is 2.57 bits per heavy atom. The first-order valence-corrected chi connectivity index (χ1v) is 10.7. The molecule has 0 radical (unpaired) electrons. The normalized spacial score (nSPS) is 15.2. The van der Waals surface area contributed by atoms with Crippen LogP contribution in [-0.2, 0) is 11.3 Å². The van der Waals surface area contributed by atoms with Crippen molar-refractivity contribution >= 4 is 33.3 Å². The number of hydrogen-bond acceptors (Lipinski definition) is 5. The summed E-state index contributed by atoms with van der Waals surface area (Å²) in [5.41, 5.74) is 3.61. The number of nitrogens with zero attached hydrogens (tertiary/aromatic N) is 3. The average Bonchev–Trinajstić information content (AvgIpc) is 3.07. The Morgan fingerprint density at radius 1 is 1.14 bits per heavy atom. The molecule has 0 saturated carbocycles. The van der Waals surface area contributed by atoms with Gasteiger partial charge in [-0.2, -0.15) is 0 Å². The largest absolute Gasteiger partial charge is 0.356 e. The van der Waals surface area contributed by atoms with E-state index in [-0.39, 0.29) is 11.8 Å². The van der Waals surface area contributed by atoms with Crippen LogP contribution < -0.4 is 10.2 Å². The fourth-order valence-corrected chi connectivity index (χ4v) is 4.75. The van der Waals surface area contributed by atoms with Gasteiger partial charge >= 0.3 is 0 Å². The van der Waals surface area contributed by atoms with E-state index in [2.05, 4.69) is 58.7 Å². The Hall–Kier alpha value is -2.47. The molecule has 0 atom stereocenters. The summed E-state index contributed by atoms with van der Waals surface area (Å²) in [7, 11) is 0. The number of thiophene rings is 1. The van der Waals surface area contributed by atoms with Gasteiger partial charge in [0.05, 0.1) is 5.39 Å². The molecule has 1 fully saturated rings. The first kappa shape index (κ1) is 18.9. The minimum atomic E-state index is 0.0729. The smallest absolute Gasteiger partial charge is 0.223 e. The van der Waals surface area contributed by atoms with Gasteiger partial charge in [-0.25, -0.2) is 9.97 Å². The van der Waals surface area contributed by atoms with Gasteiger partial charge in [0.25, 0.3) is 0 Å². The molecule has 0 aliphatic carbocycles. The maximum Gasteiger partial charge on any atom is 0.223 e. The summed E-state index contributed by atoms with van der Waals surface area (Å²) in [6.07, 6.45) is 1.71. The number of benzene rings is 1. The van der Waals surface area contributed by atoms with Crippen molar-refractivity contribution in [2.75, 3.05) is 18.0 Å². The van der Waals surface area contributed by atoms with E-state index in [1.165, 1.54) is 11.1 Å². The monoisotopic (exact) mass is 394 g/mol. The third kappa shape index (κ3) is 3.87. The van der Waals surface area contributed by atoms with Gasteiger partial charge in [0, 0.05) is 25.6 Å². The number of piperidine rings is 1. The van der Waals surface area contributed by atoms with Crippen molar-refractivity contribution in [3.8, 4) is 0 Å². The molecule has 2 aromatic heterocycles. The number of amides is 1. The highest BCUT2D eigenvalue weighted by atomic mass is 32.1. The SMILES string of the molecule is Cc1ccc(CNC(=O)C2CCN(c3nc(C)nc4scc(C)c34)CC2)cc1. The molecule has 4 rings (SSSR count). The van der Waals surface area contributed by atoms with Crippen LogP contribution in [0.3, 0.4) is 0 Å². The molecule has 6 heteroatoms. The maximum absolute atomic E-state index is 12.6. The van der Waals surface area contributed by atoms with E-state index in [0.29, 0.717) is 6.54 Å². The van der Waals surface area contributed by atoms with Gasteiger partial charge in [0.2, 0.25) is 5.91 Å². The second-order valence-corrected chi connectivity index (χ2v) is 8.52. The van der Waals surface area contributed by atoms with Gasteiger partial charge in [0.15, 0.2) is 0 Å². The predicted octanol–water partition coefficient (Wildman–Crippen LogP) is 4.15. The molecule has 0 spiro atoms. The van der Waals surface area contributed by atoms with E-state index in [0.717, 1.165) is 53.4 Å². The van der Waals surface area contributed by atoms with Crippen LogP contribution >= 0.6 is 11.3 Å². The van der Waals surface area contributed by atoms with Crippen LogP contribution in [0.5, 0.6) is 0 Å². The molecule has 1 saturated heterocycles. The molecule has 1 aliphatic heterocycles. The number of aryl methyl sites for hydroxylation is 3. The molecule has 1 aromatic carbocycles. The fourth-order valence-electron chi connectivity index (χ4n) is 3.79. The van der Waals surface area contributed by atoms with Crippen molar-refractivity contribution in [2.24, 2.45) is 5.92 Å². The van der Waals surface area contributed by atoms with Crippen LogP contribution in [0.25, 0.3) is 10.2 Å². The lowest BCUT2D eigenvalue weighted by Gasteiger charge is -2.32. The zero-order valence-electron chi connectivity index (χ0n) is 16.7. The molecule has 3 aromatic rings. The zero-order chi connectivity index (χ0) is 19.7. The third-order valence-electron chi connectivity index (χ3n) is 5.46. The van der Waals surface area contributed by atoms with Crippen LogP contribution in [0, 0.1) is 26.7 Å². The minimum Gasteiger partial charge on any atom is -0.356 e. The summed E-state index contributed by atoms with van der Waals surface area (Å²) < 4.78 is 0. The number of aromatic nitrogens is 2. The van der Waals surface area contributed by atoms with Crippen molar-refractivity contribution in [3.05, 3.63) is 52.2 Å². The number of nitrogens with one attached hydrogen (secondary N) is 1. The molecule has 1 amide bonds. The molecule has 1 N–H and O–H groups in total. The topological polar surface area (TPSA) is 58.1 Å². The van der Waals surface area contributed by atoms with Gasteiger partial charge < -0.3 is 10.2 Å². The number of anilines is 1. The van der Waals surface area contributed by atoms with Crippen LogP contribution in [0.4, 0.5) is 5.82 Å². The van der Waals surface area contributed by atoms with Crippen LogP contribution in [-0.4, -0.2) is 29.0 Å². The lowest BCUT2D eigenvalue weighted by atomic mass is 9.95. The third-order valence-corrected chi connectivity index (χ3v) is 6.45. The van der Waals surface area contributed by atoms with Gasteiger partial charge in [-0.1, -0.05) is 29.8 Å². The zero-order valence-corrected chi connectivity index (χ0v) is 17.5. The number of rotatable bonds is 4. The highest BCUT2D eigenvalue weighted by Gasteiger charge is 2.27. The summed E-state index contributed by atoms with van der Waals surface area (Å²) in [5, 5.41) is 6.42. The Labute approximate surface area is 169 Å². The number of carbonyl (C=O) groups is 1. The number of carbonyl (C=O) groups excluding carboxylic acids is 1. The predicted molar refractivity (Wildman–Crippen MR) is 115 cm³/mol. The Morgan fingerprint density at radius 2 is 1.86 bits per heavy atom. The van der Waals surface area contributed by atoms with E-state index >= 15 is 0 Å². The summed E-state index contributed by atoms with van der Waals surface area (Å²) in [6.45, 7) is 8.43. The number of hydrogen-bond donors (Lipinski definition) is 1. The Balaban J connectivity index is 1.39. The van der Waals surface area contributed by atoms with Gasteiger partial charge in [-0.3, -0.25) is 4.79 Å². The van der Waals surface area contributed by atoms with Crippen molar-refractivity contribution in [1.82, 2.24) is 15.3 Å². The Bertz CT molecular complexity index is 988. The molecule has 3 heterocycles. The summed E-state index contributed by atoms with van der Waals surface area (Å²) >= 11 is 1.68. The summed E-state index contributed by atoms with van der Waals surface area (Å²) in [4.78, 5) is 25.3. The lowest BCUT2D eigenvalue weighted by Crippen LogP contribution is -2.40. The summed E-state index contributed by atoms with van der Waals surface area (Å²) in [5.74, 6) is 2.07. The molecule has 0 unspecified atom stereocenters. The van der Waals surface area contributed by atoms with Crippen molar-refractivity contribution < 1.29 is 4.79 Å². The molecule has 5 nitrogen and oxygen atoms in total. The minimum absolute atomic E-state index is 0.0729. The molecule has 1 aliphatic rings. The highest BCUT2D eigenvalue weighted by molar-refractivity contribution is 7.17. The fraction of sp³-hybridized carbons (Fsp3) is 0.409. The van der Waals surface area contributed by atoms with E-state index < -0.39 is 0 Å². The molecule has 146 valence electrons. The average molecular weight is 395 g/mol. The lowest BCUT2D eigenvalue weighted by molar-refractivity contribution is -0.125. The Kier molecular flexibility index (Phi) is 5.31. The second-order valence-electron chi connectivity index (χ2n) is 7.66. The molecule has 28 heavy (non-hydrogen) atoms. The van der Waals surface area contributed by atoms with Crippen molar-refractivity contribution in [3.63, 3.8) is 0 Å². The van der Waals surface area contributed by atoms with Crippen LogP contribution in [0.1, 0.15) is 35.4 Å². The molecule has 0 bridgehead atoms. The highest BCUT2D eigenvalue weighted by Crippen LogP contribution is 2.33. The summed E-state index contributed by atoms with van der Waals surface area (Å²) in [6, 6.07) is 8.31. The van der Waals surface area contributed by atoms with Gasteiger partial charge in [0.1, 0.15) is 16.5 Å². The quantitative estimate of drug-likeness (QED) is 0.722. The number of fused-ring (bicyclic) bond motifs is 1. The van der Waals surface area contributed by atoms with Gasteiger partial charge in [-0.15, -0.1) is 11.3 Å². The van der Waals surface area contributed by atoms with Crippen LogP contribution in [0.2, 0.25) is 0 Å². The standard InChI is InChI=1S/C22H26N4OS/c1-14-4-6-17(7-5-14)12-23-21(27)18-8-10-26(11-9-18)20-19-15(2)13-28-22(19)25-16(3)24-20/h4-7,13,18H,8-12H2,1-3H3,(H,23,27). The van der Waals surface area contributed by atoms with E-state index in [4.69, 9.17) is 4.98 Å². The van der Waals surface area contributed by atoms with E-state index in [9.17, 15) is 4.79 Å².